The predicted molar refractivity (Wildman–Crippen MR) is 93.2 cm³/mol. The predicted octanol–water partition coefficient (Wildman–Crippen LogP) is 1.84. The Bertz CT molecular complexity index is 374. The molecule has 24 heavy (non-hydrogen) atoms. The van der Waals surface area contributed by atoms with Crippen LogP contribution in [-0.4, -0.2) is 80.5 Å². The molecule has 6 heteroatoms. The Labute approximate surface area is 145 Å². The first kappa shape index (κ1) is 18.0. The molecule has 138 valence electrons. The van der Waals surface area contributed by atoms with Gasteiger partial charge in [0.2, 0.25) is 0 Å². The first-order valence-corrected chi connectivity index (χ1v) is 9.79. The molecule has 0 aromatic carbocycles. The number of nitrogens with zero attached hydrogens (tertiary/aromatic N) is 2. The second kappa shape index (κ2) is 9.59. The van der Waals surface area contributed by atoms with Crippen LogP contribution < -0.4 is 5.32 Å². The highest BCUT2D eigenvalue weighted by molar-refractivity contribution is 5.74. The number of piperazine rings is 1. The van der Waals surface area contributed by atoms with Gasteiger partial charge in [-0.15, -0.1) is 0 Å². The van der Waals surface area contributed by atoms with E-state index >= 15 is 0 Å². The zero-order chi connectivity index (χ0) is 16.6. The molecular formula is C18H33N3O3. The lowest BCUT2D eigenvalue weighted by Gasteiger charge is -2.38. The summed E-state index contributed by atoms with van der Waals surface area (Å²) in [5.74, 6) is 0. The Hall–Kier alpha value is -0.850. The maximum Gasteiger partial charge on any atom is 0.317 e. The van der Waals surface area contributed by atoms with Crippen LogP contribution in [0.2, 0.25) is 0 Å². The van der Waals surface area contributed by atoms with Crippen molar-refractivity contribution in [2.24, 2.45) is 0 Å². The summed E-state index contributed by atoms with van der Waals surface area (Å²) in [5, 5.41) is 3.02. The van der Waals surface area contributed by atoms with Crippen molar-refractivity contribution in [3.63, 3.8) is 0 Å². The summed E-state index contributed by atoms with van der Waals surface area (Å²) in [6.07, 6.45) is 8.86. The van der Waals surface area contributed by atoms with Crippen LogP contribution in [-0.2, 0) is 9.47 Å². The quantitative estimate of drug-likeness (QED) is 0.719. The Morgan fingerprint density at radius 2 is 1.88 bits per heavy atom. The van der Waals surface area contributed by atoms with E-state index in [9.17, 15) is 4.79 Å². The monoisotopic (exact) mass is 339 g/mol. The van der Waals surface area contributed by atoms with Gasteiger partial charge in [0.05, 0.1) is 12.7 Å². The lowest BCUT2D eigenvalue weighted by atomic mass is 10.2. The maximum atomic E-state index is 12.2. The fraction of sp³-hybridized carbons (Fsp3) is 0.944. The molecule has 0 aromatic rings. The van der Waals surface area contributed by atoms with Crippen molar-refractivity contribution in [1.82, 2.24) is 15.1 Å². The van der Waals surface area contributed by atoms with Crippen LogP contribution in [0.4, 0.5) is 4.79 Å². The van der Waals surface area contributed by atoms with E-state index in [2.05, 4.69) is 10.2 Å². The summed E-state index contributed by atoms with van der Waals surface area (Å²) in [7, 11) is 0. The highest BCUT2D eigenvalue weighted by atomic mass is 16.5. The van der Waals surface area contributed by atoms with E-state index in [1.54, 1.807) is 0 Å². The molecule has 0 spiro atoms. The molecule has 1 N–H and O–H groups in total. The van der Waals surface area contributed by atoms with Gasteiger partial charge < -0.3 is 19.7 Å². The number of hydrogen-bond donors (Lipinski definition) is 1. The minimum absolute atomic E-state index is 0.0835. The van der Waals surface area contributed by atoms with E-state index in [-0.39, 0.29) is 12.1 Å². The van der Waals surface area contributed by atoms with Crippen molar-refractivity contribution in [2.45, 2.75) is 57.1 Å². The number of carbonyl (C=O) groups excluding carboxylic acids is 1. The summed E-state index contributed by atoms with van der Waals surface area (Å²) in [5.41, 5.74) is 0. The zero-order valence-corrected chi connectivity index (χ0v) is 14.9. The van der Waals surface area contributed by atoms with E-state index < -0.39 is 0 Å². The van der Waals surface area contributed by atoms with Gasteiger partial charge in [-0.3, -0.25) is 4.90 Å². The van der Waals surface area contributed by atoms with Crippen molar-refractivity contribution >= 4 is 6.03 Å². The van der Waals surface area contributed by atoms with Gasteiger partial charge in [-0.25, -0.2) is 4.79 Å². The second-order valence-electron chi connectivity index (χ2n) is 7.26. The molecule has 1 atom stereocenters. The molecule has 0 bridgehead atoms. The Balaban J connectivity index is 1.21. The topological polar surface area (TPSA) is 54.0 Å². The van der Waals surface area contributed by atoms with Gasteiger partial charge in [-0.1, -0.05) is 12.8 Å². The summed E-state index contributed by atoms with van der Waals surface area (Å²) in [6.45, 7) is 6.72. The van der Waals surface area contributed by atoms with Gasteiger partial charge in [0.25, 0.3) is 0 Å². The summed E-state index contributed by atoms with van der Waals surface area (Å²) in [6, 6.07) is 0.858. The van der Waals surface area contributed by atoms with Gasteiger partial charge in [-0.05, 0) is 32.1 Å². The van der Waals surface area contributed by atoms with Gasteiger partial charge >= 0.3 is 6.03 Å². The molecule has 2 saturated heterocycles. The number of urea groups is 1. The third kappa shape index (κ3) is 5.33. The first-order valence-electron chi connectivity index (χ1n) is 9.79. The number of ether oxygens (including phenoxy) is 2. The Morgan fingerprint density at radius 1 is 1.08 bits per heavy atom. The van der Waals surface area contributed by atoms with Gasteiger partial charge in [0, 0.05) is 52.0 Å². The summed E-state index contributed by atoms with van der Waals surface area (Å²) < 4.78 is 11.1. The SMILES string of the molecule is O=C(NCCCOCC1CCCO1)N1CCN(C2CCCC2)CC1. The average Bonchev–Trinajstić information content (AvgIpc) is 3.31. The lowest BCUT2D eigenvalue weighted by Crippen LogP contribution is -2.53. The number of carbonyl (C=O) groups is 1. The normalized spacial score (nSPS) is 26.2. The standard InChI is InChI=1S/C18H33N3O3/c22-18(19-8-4-13-23-15-17-7-3-14-24-17)21-11-9-20(10-12-21)16-5-1-2-6-16/h16-17H,1-15H2,(H,19,22). The molecule has 1 unspecified atom stereocenters. The molecule has 3 aliphatic rings. The molecule has 2 heterocycles. The molecule has 0 radical (unpaired) electrons. The Morgan fingerprint density at radius 3 is 2.58 bits per heavy atom. The van der Waals surface area contributed by atoms with Gasteiger partial charge in [-0.2, -0.15) is 0 Å². The van der Waals surface area contributed by atoms with Crippen molar-refractivity contribution in [3.05, 3.63) is 0 Å². The fourth-order valence-corrected chi connectivity index (χ4v) is 4.03. The van der Waals surface area contributed by atoms with Crippen LogP contribution in [0.1, 0.15) is 44.9 Å². The van der Waals surface area contributed by atoms with E-state index in [1.807, 2.05) is 4.90 Å². The number of rotatable bonds is 7. The molecule has 2 aliphatic heterocycles. The molecule has 1 saturated carbocycles. The number of amides is 2. The van der Waals surface area contributed by atoms with E-state index in [1.165, 1.54) is 25.7 Å². The van der Waals surface area contributed by atoms with Gasteiger partial charge in [0.15, 0.2) is 0 Å². The van der Waals surface area contributed by atoms with Crippen LogP contribution in [0.15, 0.2) is 0 Å². The summed E-state index contributed by atoms with van der Waals surface area (Å²) >= 11 is 0. The summed E-state index contributed by atoms with van der Waals surface area (Å²) in [4.78, 5) is 16.7. The number of nitrogens with one attached hydrogen (secondary N) is 1. The average molecular weight is 339 g/mol. The lowest BCUT2D eigenvalue weighted by molar-refractivity contribution is 0.0167. The van der Waals surface area contributed by atoms with Crippen LogP contribution in [0, 0.1) is 0 Å². The molecule has 3 rings (SSSR count). The highest BCUT2D eigenvalue weighted by Gasteiger charge is 2.27. The molecule has 6 nitrogen and oxygen atoms in total. The minimum Gasteiger partial charge on any atom is -0.379 e. The third-order valence-electron chi connectivity index (χ3n) is 5.51. The smallest absolute Gasteiger partial charge is 0.317 e. The molecule has 2 amide bonds. The fourth-order valence-electron chi connectivity index (χ4n) is 4.03. The molecule has 1 aliphatic carbocycles. The number of hydrogen-bond acceptors (Lipinski definition) is 4. The van der Waals surface area contributed by atoms with E-state index in [0.717, 1.165) is 58.1 Å². The van der Waals surface area contributed by atoms with E-state index in [0.29, 0.717) is 19.8 Å². The minimum atomic E-state index is 0.0835. The highest BCUT2D eigenvalue weighted by Crippen LogP contribution is 2.24. The molecule has 0 aromatic heterocycles. The Kier molecular flexibility index (Phi) is 7.17. The second-order valence-corrected chi connectivity index (χ2v) is 7.26. The van der Waals surface area contributed by atoms with Crippen LogP contribution >= 0.6 is 0 Å². The largest absolute Gasteiger partial charge is 0.379 e. The van der Waals surface area contributed by atoms with E-state index in [4.69, 9.17) is 9.47 Å². The van der Waals surface area contributed by atoms with Crippen LogP contribution in [0.25, 0.3) is 0 Å². The van der Waals surface area contributed by atoms with Crippen molar-refractivity contribution in [3.8, 4) is 0 Å². The van der Waals surface area contributed by atoms with Crippen molar-refractivity contribution in [2.75, 3.05) is 52.5 Å². The molecule has 3 fully saturated rings. The van der Waals surface area contributed by atoms with Gasteiger partial charge in [0.1, 0.15) is 0 Å². The molecular weight excluding hydrogens is 306 g/mol. The van der Waals surface area contributed by atoms with Crippen LogP contribution in [0.3, 0.4) is 0 Å². The zero-order valence-electron chi connectivity index (χ0n) is 14.9. The van der Waals surface area contributed by atoms with Crippen molar-refractivity contribution < 1.29 is 14.3 Å². The first-order chi connectivity index (χ1) is 11.8. The third-order valence-corrected chi connectivity index (χ3v) is 5.51. The van der Waals surface area contributed by atoms with Crippen molar-refractivity contribution in [1.29, 1.82) is 0 Å². The van der Waals surface area contributed by atoms with Crippen LogP contribution in [0.5, 0.6) is 0 Å². The maximum absolute atomic E-state index is 12.2.